The lowest BCUT2D eigenvalue weighted by atomic mass is 9.85. The molecule has 1 atom stereocenters. The number of thiophene rings is 1. The van der Waals surface area contributed by atoms with E-state index in [1.54, 1.807) is 17.7 Å². The molecule has 1 amide bonds. The van der Waals surface area contributed by atoms with Gasteiger partial charge in [0.1, 0.15) is 17.3 Å². The molecule has 0 saturated heterocycles. The summed E-state index contributed by atoms with van der Waals surface area (Å²) in [7, 11) is 2.21. The predicted octanol–water partition coefficient (Wildman–Crippen LogP) is 3.31. The fourth-order valence-electron chi connectivity index (χ4n) is 4.72. The van der Waals surface area contributed by atoms with Crippen molar-refractivity contribution >= 4 is 27.5 Å². The summed E-state index contributed by atoms with van der Waals surface area (Å²) in [5.74, 6) is 0.833. The van der Waals surface area contributed by atoms with Crippen molar-refractivity contribution in [2.75, 3.05) is 13.6 Å². The third kappa shape index (κ3) is 4.01. The number of rotatable bonds is 6. The summed E-state index contributed by atoms with van der Waals surface area (Å²) in [6.07, 6.45) is 9.65. The van der Waals surface area contributed by atoms with Gasteiger partial charge in [0.15, 0.2) is 0 Å². The van der Waals surface area contributed by atoms with Crippen molar-refractivity contribution in [1.82, 2.24) is 14.9 Å². The maximum absolute atomic E-state index is 11.4. The first-order chi connectivity index (χ1) is 13.5. The van der Waals surface area contributed by atoms with Crippen LogP contribution in [0.2, 0.25) is 0 Å². The van der Waals surface area contributed by atoms with E-state index in [0.29, 0.717) is 18.4 Å². The maximum Gasteiger partial charge on any atom is 0.225 e. The molecule has 2 heterocycles. The Labute approximate surface area is 170 Å². The Morgan fingerprint density at radius 3 is 2.79 bits per heavy atom. The number of nitrogens with zero attached hydrogens (tertiary/aromatic N) is 3. The summed E-state index contributed by atoms with van der Waals surface area (Å²) in [5.41, 5.74) is 6.72. The molecular weight excluding hydrogens is 372 g/mol. The molecule has 2 aromatic rings. The van der Waals surface area contributed by atoms with Crippen LogP contribution in [0.15, 0.2) is 6.33 Å². The molecule has 2 aliphatic rings. The van der Waals surface area contributed by atoms with Crippen LogP contribution < -0.4 is 10.5 Å². The van der Waals surface area contributed by atoms with Crippen molar-refractivity contribution in [1.29, 1.82) is 0 Å². The third-order valence-electron chi connectivity index (χ3n) is 6.44. The van der Waals surface area contributed by atoms with Gasteiger partial charge in [0.05, 0.1) is 5.39 Å². The van der Waals surface area contributed by atoms with Gasteiger partial charge < -0.3 is 15.4 Å². The maximum atomic E-state index is 11.4. The van der Waals surface area contributed by atoms with Crippen LogP contribution in [0.1, 0.15) is 55.9 Å². The highest BCUT2D eigenvalue weighted by Crippen LogP contribution is 2.41. The summed E-state index contributed by atoms with van der Waals surface area (Å²) in [6.45, 7) is 3.31. The van der Waals surface area contributed by atoms with Crippen molar-refractivity contribution in [2.45, 2.75) is 70.4 Å². The first-order valence-electron chi connectivity index (χ1n) is 10.5. The summed E-state index contributed by atoms with van der Waals surface area (Å²) in [4.78, 5) is 25.2. The minimum absolute atomic E-state index is 0.213. The van der Waals surface area contributed by atoms with Gasteiger partial charge in [-0.15, -0.1) is 11.3 Å². The number of primary amides is 1. The smallest absolute Gasteiger partial charge is 0.225 e. The van der Waals surface area contributed by atoms with Gasteiger partial charge in [0, 0.05) is 17.3 Å². The van der Waals surface area contributed by atoms with E-state index in [9.17, 15) is 4.79 Å². The monoisotopic (exact) mass is 402 g/mol. The molecule has 1 fully saturated rings. The summed E-state index contributed by atoms with van der Waals surface area (Å²) in [6, 6.07) is 0.665. The van der Waals surface area contributed by atoms with Crippen molar-refractivity contribution in [3.63, 3.8) is 0 Å². The highest BCUT2D eigenvalue weighted by Gasteiger charge is 2.29. The highest BCUT2D eigenvalue weighted by molar-refractivity contribution is 7.18. The number of carbonyl (C=O) groups is 1. The Balaban J connectivity index is 1.52. The fraction of sp³-hybridized carbons (Fsp3) is 0.667. The minimum Gasteiger partial charge on any atom is -0.474 e. The predicted molar refractivity (Wildman–Crippen MR) is 112 cm³/mol. The summed E-state index contributed by atoms with van der Waals surface area (Å²) < 4.78 is 6.42. The standard InChI is InChI=1S/C21H30N4O2S/c1-3-25(2)14-5-7-15(8-6-14)27-20-19-16-10-13(11-18(22)26)4-9-17(16)28-21(19)24-12-23-20/h12-15H,3-11H2,1-2H3,(H2,22,26)/t13-,14?,15?/m0/s1. The topological polar surface area (TPSA) is 81.3 Å². The van der Waals surface area contributed by atoms with Crippen LogP contribution in [-0.4, -0.2) is 46.5 Å². The van der Waals surface area contributed by atoms with E-state index in [1.807, 2.05) is 0 Å². The van der Waals surface area contributed by atoms with E-state index in [1.165, 1.54) is 23.3 Å². The Morgan fingerprint density at radius 1 is 1.29 bits per heavy atom. The molecule has 7 heteroatoms. The van der Waals surface area contributed by atoms with Crippen LogP contribution >= 0.6 is 11.3 Å². The molecule has 2 N–H and O–H groups in total. The highest BCUT2D eigenvalue weighted by atomic mass is 32.1. The van der Waals surface area contributed by atoms with Gasteiger partial charge in [-0.25, -0.2) is 9.97 Å². The summed E-state index contributed by atoms with van der Waals surface area (Å²) >= 11 is 1.75. The number of hydrogen-bond donors (Lipinski definition) is 1. The zero-order chi connectivity index (χ0) is 19.7. The number of ether oxygens (including phenoxy) is 1. The Bertz CT molecular complexity index is 844. The second-order valence-corrected chi connectivity index (χ2v) is 9.35. The van der Waals surface area contributed by atoms with Crippen LogP contribution in [0, 0.1) is 5.92 Å². The number of amides is 1. The Morgan fingerprint density at radius 2 is 2.07 bits per heavy atom. The molecule has 2 aromatic heterocycles. The van der Waals surface area contributed by atoms with Crippen molar-refractivity contribution in [3.05, 3.63) is 16.8 Å². The van der Waals surface area contributed by atoms with E-state index >= 15 is 0 Å². The normalized spacial score (nSPS) is 25.0. The molecule has 0 aliphatic heterocycles. The van der Waals surface area contributed by atoms with E-state index in [0.717, 1.165) is 54.7 Å². The largest absolute Gasteiger partial charge is 0.474 e. The quantitative estimate of drug-likeness (QED) is 0.802. The lowest BCUT2D eigenvalue weighted by molar-refractivity contribution is -0.119. The van der Waals surface area contributed by atoms with Crippen LogP contribution in [0.4, 0.5) is 0 Å². The number of aryl methyl sites for hydroxylation is 1. The fourth-order valence-corrected chi connectivity index (χ4v) is 5.89. The van der Waals surface area contributed by atoms with Gasteiger partial charge in [-0.2, -0.15) is 0 Å². The first kappa shape index (κ1) is 19.6. The minimum atomic E-state index is -0.213. The molecule has 0 bridgehead atoms. The van der Waals surface area contributed by atoms with Gasteiger partial charge in [-0.3, -0.25) is 4.79 Å². The third-order valence-corrected chi connectivity index (χ3v) is 7.64. The van der Waals surface area contributed by atoms with Crippen molar-refractivity contribution in [2.24, 2.45) is 11.7 Å². The van der Waals surface area contributed by atoms with Gasteiger partial charge in [-0.1, -0.05) is 6.92 Å². The van der Waals surface area contributed by atoms with Gasteiger partial charge in [0.2, 0.25) is 11.8 Å². The van der Waals surface area contributed by atoms with Crippen LogP contribution in [0.25, 0.3) is 10.2 Å². The number of aromatic nitrogens is 2. The van der Waals surface area contributed by atoms with Crippen LogP contribution in [-0.2, 0) is 17.6 Å². The molecule has 4 rings (SSSR count). The van der Waals surface area contributed by atoms with Crippen molar-refractivity contribution in [3.8, 4) is 5.88 Å². The zero-order valence-electron chi connectivity index (χ0n) is 16.8. The van der Waals surface area contributed by atoms with Crippen molar-refractivity contribution < 1.29 is 9.53 Å². The van der Waals surface area contributed by atoms with Gasteiger partial charge in [-0.05, 0) is 70.0 Å². The van der Waals surface area contributed by atoms with E-state index in [2.05, 4.69) is 28.8 Å². The van der Waals surface area contributed by atoms with E-state index in [4.69, 9.17) is 10.5 Å². The first-order valence-corrected chi connectivity index (χ1v) is 11.3. The number of carbonyl (C=O) groups excluding carboxylic acids is 1. The molecule has 0 radical (unpaired) electrons. The Kier molecular flexibility index (Phi) is 5.83. The average molecular weight is 403 g/mol. The van der Waals surface area contributed by atoms with Crippen LogP contribution in [0.5, 0.6) is 5.88 Å². The lowest BCUT2D eigenvalue weighted by Crippen LogP contribution is -2.37. The van der Waals surface area contributed by atoms with Gasteiger partial charge in [0.25, 0.3) is 0 Å². The van der Waals surface area contributed by atoms with E-state index in [-0.39, 0.29) is 12.0 Å². The van der Waals surface area contributed by atoms with Gasteiger partial charge >= 0.3 is 0 Å². The van der Waals surface area contributed by atoms with E-state index < -0.39 is 0 Å². The molecule has 1 saturated carbocycles. The average Bonchev–Trinajstić information content (AvgIpc) is 3.06. The molecule has 6 nitrogen and oxygen atoms in total. The second kappa shape index (κ2) is 8.33. The molecular formula is C21H30N4O2S. The lowest BCUT2D eigenvalue weighted by Gasteiger charge is -2.34. The molecule has 0 spiro atoms. The molecule has 0 unspecified atom stereocenters. The SMILES string of the molecule is CCN(C)C1CCC(Oc2ncnc3sc4c(c23)C[C@@H](CC(N)=O)CC4)CC1. The molecule has 152 valence electrons. The summed E-state index contributed by atoms with van der Waals surface area (Å²) in [5, 5.41) is 1.07. The number of nitrogens with two attached hydrogens (primary N) is 1. The Hall–Kier alpha value is -1.73. The molecule has 28 heavy (non-hydrogen) atoms. The molecule has 0 aromatic carbocycles. The number of hydrogen-bond acceptors (Lipinski definition) is 6. The molecule has 2 aliphatic carbocycles. The second-order valence-electron chi connectivity index (χ2n) is 8.26. The van der Waals surface area contributed by atoms with Crippen LogP contribution in [0.3, 0.4) is 0 Å². The number of fused-ring (bicyclic) bond motifs is 3. The zero-order valence-corrected chi connectivity index (χ0v) is 17.6.